The number of aliphatic carboxylic acids is 2. The molecular weight excluding hydrogens is 464 g/mol. The summed E-state index contributed by atoms with van der Waals surface area (Å²) >= 11 is 0. The Balaban J connectivity index is 4.13. The summed E-state index contributed by atoms with van der Waals surface area (Å²) in [5, 5.41) is 55.3. The second kappa shape index (κ2) is 11.1. The Morgan fingerprint density at radius 3 is 1.91 bits per heavy atom. The molecule has 0 bridgehead atoms. The van der Waals surface area contributed by atoms with Gasteiger partial charge in [-0.15, -0.1) is 0 Å². The zero-order chi connectivity index (χ0) is 26.3. The molecule has 0 aliphatic carbocycles. The highest BCUT2D eigenvalue weighted by molar-refractivity contribution is 6.03. The first-order chi connectivity index (χ1) is 15.8. The monoisotopic (exact) mass is 486 g/mol. The number of benzene rings is 1. The van der Waals surface area contributed by atoms with Crippen LogP contribution in [0.2, 0.25) is 0 Å². The van der Waals surface area contributed by atoms with Gasteiger partial charge in [0.05, 0.1) is 16.7 Å². The average molecular weight is 486 g/mol. The minimum atomic E-state index is -4.34. The summed E-state index contributed by atoms with van der Waals surface area (Å²) in [6.07, 6.45) is -3.31. The summed E-state index contributed by atoms with van der Waals surface area (Å²) in [6.45, 7) is -0.436. The molecular formula is C17H22N6O11. The summed E-state index contributed by atoms with van der Waals surface area (Å²) < 4.78 is 0. The van der Waals surface area contributed by atoms with E-state index >= 15 is 0 Å². The number of hydrogen-bond donors (Lipinski definition) is 4. The van der Waals surface area contributed by atoms with Crippen molar-refractivity contribution in [1.29, 1.82) is 0 Å². The van der Waals surface area contributed by atoms with Gasteiger partial charge < -0.3 is 21.7 Å². The number of nitrogens with zero attached hydrogens (tertiary/aromatic N) is 4. The van der Waals surface area contributed by atoms with Gasteiger partial charge >= 0.3 is 23.3 Å². The number of hydrogen-bond acceptors (Lipinski definition) is 11. The Labute approximate surface area is 190 Å². The van der Waals surface area contributed by atoms with Gasteiger partial charge in [0.1, 0.15) is 16.3 Å². The zero-order valence-electron chi connectivity index (χ0n) is 17.5. The smallest absolute Gasteiger partial charge is 0.481 e. The fourth-order valence-electron chi connectivity index (χ4n) is 3.40. The summed E-state index contributed by atoms with van der Waals surface area (Å²) in [7, 11) is 0. The summed E-state index contributed by atoms with van der Waals surface area (Å²) in [5.74, 6) is -5.75. The van der Waals surface area contributed by atoms with Crippen LogP contribution in [-0.4, -0.2) is 66.7 Å². The van der Waals surface area contributed by atoms with Crippen LogP contribution < -0.4 is 16.4 Å². The van der Waals surface area contributed by atoms with E-state index in [0.717, 1.165) is 12.1 Å². The molecule has 0 radical (unpaired) electrons. The lowest BCUT2D eigenvalue weighted by molar-refractivity contribution is -0.845. The number of carboxylic acid groups (broad SMARTS) is 2. The Bertz CT molecular complexity index is 942. The van der Waals surface area contributed by atoms with Crippen molar-refractivity contribution in [2.45, 2.75) is 43.1 Å². The molecule has 0 saturated carbocycles. The first-order valence-corrected chi connectivity index (χ1v) is 9.55. The van der Waals surface area contributed by atoms with Crippen LogP contribution in [0.5, 0.6) is 0 Å². The van der Waals surface area contributed by atoms with Crippen LogP contribution >= 0.6 is 0 Å². The molecule has 186 valence electrons. The van der Waals surface area contributed by atoms with Crippen LogP contribution in [0.4, 0.5) is 5.69 Å². The van der Waals surface area contributed by atoms with Crippen molar-refractivity contribution in [1.82, 2.24) is 0 Å². The number of amides is 1. The van der Waals surface area contributed by atoms with E-state index in [1.165, 1.54) is 18.2 Å². The van der Waals surface area contributed by atoms with Gasteiger partial charge in [-0.05, 0) is 31.5 Å². The molecule has 0 unspecified atom stereocenters. The van der Waals surface area contributed by atoms with Crippen molar-refractivity contribution < 1.29 is 39.4 Å². The van der Waals surface area contributed by atoms with Gasteiger partial charge in [0.2, 0.25) is 5.91 Å². The summed E-state index contributed by atoms with van der Waals surface area (Å²) in [6, 6.07) is 3.72. The van der Waals surface area contributed by atoms with Gasteiger partial charge in [0.25, 0.3) is 0 Å². The molecule has 2 atom stereocenters. The quantitative estimate of drug-likeness (QED) is 0.143. The van der Waals surface area contributed by atoms with E-state index in [9.17, 15) is 49.8 Å². The van der Waals surface area contributed by atoms with Crippen LogP contribution in [0.25, 0.3) is 0 Å². The van der Waals surface area contributed by atoms with Crippen molar-refractivity contribution in [2.75, 3.05) is 11.4 Å². The predicted octanol–water partition coefficient (Wildman–Crippen LogP) is -0.742. The number of nitrogens with two attached hydrogens (primary N) is 2. The van der Waals surface area contributed by atoms with Crippen molar-refractivity contribution >= 4 is 23.5 Å². The Kier molecular flexibility index (Phi) is 9.03. The van der Waals surface area contributed by atoms with Gasteiger partial charge in [0, 0.05) is 6.42 Å². The third-order valence-electron chi connectivity index (χ3n) is 5.00. The van der Waals surface area contributed by atoms with E-state index in [4.69, 9.17) is 16.6 Å². The Morgan fingerprint density at radius 1 is 1.00 bits per heavy atom. The Hall–Kier alpha value is -4.25. The molecule has 0 saturated heterocycles. The second-order valence-corrected chi connectivity index (χ2v) is 7.01. The van der Waals surface area contributed by atoms with Crippen molar-refractivity contribution in [2.24, 2.45) is 11.5 Å². The average Bonchev–Trinajstić information content (AvgIpc) is 2.76. The molecule has 1 amide bonds. The third kappa shape index (κ3) is 4.74. The first-order valence-electron chi connectivity index (χ1n) is 9.55. The largest absolute Gasteiger partial charge is 0.557 e. The van der Waals surface area contributed by atoms with E-state index in [1.807, 2.05) is 0 Å². The summed E-state index contributed by atoms with van der Waals surface area (Å²) in [4.78, 5) is 67.6. The Morgan fingerprint density at radius 2 is 1.53 bits per heavy atom. The minimum Gasteiger partial charge on any atom is -0.481 e. The third-order valence-corrected chi connectivity index (χ3v) is 5.00. The number of para-hydroxylation sites is 1. The number of nitro groups is 3. The van der Waals surface area contributed by atoms with Crippen molar-refractivity contribution in [3.8, 4) is 0 Å². The lowest BCUT2D eigenvalue weighted by Gasteiger charge is -2.36. The summed E-state index contributed by atoms with van der Waals surface area (Å²) in [5.41, 5.74) is 1.87. The highest BCUT2D eigenvalue weighted by atomic mass is 16.7. The second-order valence-electron chi connectivity index (χ2n) is 7.01. The van der Waals surface area contributed by atoms with Gasteiger partial charge in [0.15, 0.2) is 0 Å². The number of carboxylic acids is 2. The highest BCUT2D eigenvalue weighted by Gasteiger charge is 2.90. The highest BCUT2D eigenvalue weighted by Crippen LogP contribution is 2.40. The van der Waals surface area contributed by atoms with Crippen LogP contribution in [0, 0.1) is 30.3 Å². The van der Waals surface area contributed by atoms with Gasteiger partial charge in [-0.3, -0.25) is 39.9 Å². The van der Waals surface area contributed by atoms with Crippen molar-refractivity contribution in [3.05, 3.63) is 60.7 Å². The van der Waals surface area contributed by atoms with Gasteiger partial charge in [-0.25, -0.2) is 9.69 Å². The normalized spacial score (nSPS) is 13.8. The van der Waals surface area contributed by atoms with Crippen LogP contribution in [0.1, 0.15) is 25.7 Å². The molecule has 1 aromatic rings. The molecule has 17 nitrogen and oxygen atoms in total. The molecule has 6 N–H and O–H groups in total. The van der Waals surface area contributed by atoms with Gasteiger partial charge in [-0.2, -0.15) is 0 Å². The van der Waals surface area contributed by atoms with E-state index in [0.29, 0.717) is 0 Å². The molecule has 0 spiro atoms. The molecule has 0 aliphatic rings. The zero-order valence-corrected chi connectivity index (χ0v) is 17.5. The van der Waals surface area contributed by atoms with Gasteiger partial charge in [-0.1, -0.05) is 18.2 Å². The van der Waals surface area contributed by atoms with Crippen molar-refractivity contribution in [3.63, 3.8) is 0 Å². The molecule has 0 aromatic heterocycles. The van der Waals surface area contributed by atoms with E-state index in [2.05, 4.69) is 0 Å². The minimum absolute atomic E-state index is 0.218. The molecule has 0 aliphatic heterocycles. The lowest BCUT2D eigenvalue weighted by Crippen LogP contribution is -2.80. The van der Waals surface area contributed by atoms with E-state index < -0.39 is 87.9 Å². The lowest BCUT2D eigenvalue weighted by atomic mass is 9.86. The molecule has 0 fully saturated rings. The number of carbonyl (C=O) groups is 3. The SMILES string of the molecule is NCCCC([N+](=O)[O-])([N+](=O)[O-])[C@@](C(=O)O)(N(C(=O)[C@@H](N)CCC(=O)O)c1ccccc1)[N+](=O)[O-]. The fraction of sp³-hybridized carbons (Fsp3) is 0.471. The predicted molar refractivity (Wildman–Crippen MR) is 111 cm³/mol. The molecule has 1 aromatic carbocycles. The fourth-order valence-corrected chi connectivity index (χ4v) is 3.40. The van der Waals surface area contributed by atoms with E-state index in [-0.39, 0.29) is 4.90 Å². The maximum atomic E-state index is 13.2. The topological polar surface area (TPSA) is 276 Å². The maximum Gasteiger partial charge on any atom is 0.557 e. The van der Waals surface area contributed by atoms with Crippen LogP contribution in [-0.2, 0) is 14.4 Å². The first kappa shape index (κ1) is 27.8. The number of rotatable bonds is 14. The van der Waals surface area contributed by atoms with Crippen LogP contribution in [0.3, 0.4) is 0 Å². The molecule has 17 heteroatoms. The molecule has 1 rings (SSSR count). The number of carbonyl (C=O) groups excluding carboxylic acids is 1. The standard InChI is InChI=1S/C17H22N6O11/c18-10-4-9-16(21(29)30,22(31)32)17(15(27)28,23(33)34)20(11-5-2-1-3-6-11)14(26)12(19)7-8-13(24)25/h1-3,5-6,12H,4,7-10,18-19H2,(H,24,25)(H,27,28)/t12-,17-/m0/s1. The van der Waals surface area contributed by atoms with E-state index in [1.54, 1.807) is 0 Å². The number of anilines is 1. The molecule has 0 heterocycles. The van der Waals surface area contributed by atoms with Crippen LogP contribution in [0.15, 0.2) is 30.3 Å². The maximum absolute atomic E-state index is 13.2. The molecule has 34 heavy (non-hydrogen) atoms.